The number of rotatable bonds is 5. The molecule has 1 aliphatic carbocycles. The van der Waals surface area contributed by atoms with Crippen LogP contribution in [0.5, 0.6) is 0 Å². The number of anilines is 1. The number of piperazine rings is 1. The Labute approximate surface area is 189 Å². The second-order valence-corrected chi connectivity index (χ2v) is 9.37. The molecule has 3 fully saturated rings. The molecule has 1 saturated carbocycles. The summed E-state index contributed by atoms with van der Waals surface area (Å²) in [5.74, 6) is 0.170. The summed E-state index contributed by atoms with van der Waals surface area (Å²) < 4.78 is 1.85. The Morgan fingerprint density at radius 3 is 2.47 bits per heavy atom. The zero-order chi connectivity index (χ0) is 21.9. The minimum absolute atomic E-state index is 0.101. The zero-order valence-corrected chi connectivity index (χ0v) is 18.8. The van der Waals surface area contributed by atoms with Crippen LogP contribution < -0.4 is 15.8 Å². The van der Waals surface area contributed by atoms with Crippen molar-refractivity contribution in [3.8, 4) is 0 Å². The second-order valence-electron chi connectivity index (χ2n) is 9.37. The van der Waals surface area contributed by atoms with Crippen molar-refractivity contribution in [3.05, 3.63) is 34.9 Å². The number of fused-ring (bicyclic) bond motifs is 1. The van der Waals surface area contributed by atoms with Gasteiger partial charge in [0.15, 0.2) is 0 Å². The molecule has 32 heavy (non-hydrogen) atoms. The van der Waals surface area contributed by atoms with Crippen LogP contribution in [0.1, 0.15) is 38.1 Å². The van der Waals surface area contributed by atoms with Gasteiger partial charge in [-0.2, -0.15) is 0 Å². The molecule has 3 aliphatic rings. The van der Waals surface area contributed by atoms with Crippen molar-refractivity contribution in [1.82, 2.24) is 24.7 Å². The average molecular weight is 439 g/mol. The van der Waals surface area contributed by atoms with Gasteiger partial charge in [-0.25, -0.2) is 4.98 Å². The number of aromatic nitrogens is 2. The number of hydrogen-bond donors (Lipinski definition) is 1. The Balaban J connectivity index is 1.18. The summed E-state index contributed by atoms with van der Waals surface area (Å²) in [6, 6.07) is 6.44. The highest BCUT2D eigenvalue weighted by molar-refractivity contribution is 5.81. The molecule has 0 atom stereocenters. The van der Waals surface area contributed by atoms with Crippen LogP contribution in [0.3, 0.4) is 0 Å². The van der Waals surface area contributed by atoms with E-state index in [1.54, 1.807) is 6.33 Å². The van der Waals surface area contributed by atoms with Gasteiger partial charge in [0.05, 0.1) is 17.2 Å². The summed E-state index contributed by atoms with van der Waals surface area (Å²) in [4.78, 5) is 36.4. The molecule has 3 heterocycles. The number of hydrogen-bond acceptors (Lipinski definition) is 6. The fourth-order valence-electron chi connectivity index (χ4n) is 5.31. The maximum Gasteiger partial charge on any atom is 0.261 e. The van der Waals surface area contributed by atoms with E-state index in [4.69, 9.17) is 0 Å². The van der Waals surface area contributed by atoms with E-state index >= 15 is 0 Å². The Bertz CT molecular complexity index is 1010. The molecule has 8 nitrogen and oxygen atoms in total. The number of amides is 1. The van der Waals surface area contributed by atoms with E-state index in [1.807, 2.05) is 10.6 Å². The summed E-state index contributed by atoms with van der Waals surface area (Å²) in [6.45, 7) is 8.63. The summed E-state index contributed by atoms with van der Waals surface area (Å²) in [5.41, 5.74) is 2.05. The first-order valence-corrected chi connectivity index (χ1v) is 12.1. The van der Waals surface area contributed by atoms with Gasteiger partial charge < -0.3 is 10.2 Å². The first-order chi connectivity index (χ1) is 15.7. The van der Waals surface area contributed by atoms with Crippen LogP contribution in [-0.4, -0.2) is 84.2 Å². The van der Waals surface area contributed by atoms with Gasteiger partial charge in [0, 0.05) is 77.1 Å². The third-order valence-corrected chi connectivity index (χ3v) is 7.36. The van der Waals surface area contributed by atoms with Crippen LogP contribution in [0.2, 0.25) is 0 Å². The minimum Gasteiger partial charge on any atom is -0.369 e. The van der Waals surface area contributed by atoms with E-state index in [9.17, 15) is 9.59 Å². The minimum atomic E-state index is 0.101. The van der Waals surface area contributed by atoms with E-state index in [-0.39, 0.29) is 11.5 Å². The summed E-state index contributed by atoms with van der Waals surface area (Å²) in [6.07, 6.45) is 6.94. The lowest BCUT2D eigenvalue weighted by atomic mass is 10.1. The Kier molecular flexibility index (Phi) is 6.41. The lowest BCUT2D eigenvalue weighted by Crippen LogP contribution is -2.48. The molecule has 172 valence electrons. The predicted octanol–water partition coefficient (Wildman–Crippen LogP) is 1.46. The number of nitrogens with zero attached hydrogens (tertiary/aromatic N) is 5. The first-order valence-electron chi connectivity index (χ1n) is 12.1. The monoisotopic (exact) mass is 438 g/mol. The normalized spacial score (nSPS) is 21.8. The van der Waals surface area contributed by atoms with E-state index in [2.05, 4.69) is 37.1 Å². The molecule has 2 aliphatic heterocycles. The van der Waals surface area contributed by atoms with Crippen molar-refractivity contribution in [2.24, 2.45) is 0 Å². The maximum absolute atomic E-state index is 13.0. The zero-order valence-electron chi connectivity index (χ0n) is 18.8. The molecule has 1 aromatic heterocycles. The van der Waals surface area contributed by atoms with E-state index in [0.717, 1.165) is 88.3 Å². The standard InChI is InChI=1S/C24H34N6O2/c31-23-7-9-27(10-8-25-23)11-12-28-13-15-29(16-14-28)20-5-6-21-22(17-20)26-18-30(24(21)32)19-3-1-2-4-19/h5-6,17-19H,1-4,7-16H2,(H,25,31). The van der Waals surface area contributed by atoms with Crippen molar-refractivity contribution in [2.75, 3.05) is 63.8 Å². The SMILES string of the molecule is O=C1CCN(CCN2CCN(c3ccc4c(=O)n(C5CCCC5)cnc4c3)CC2)CCN1. The molecule has 2 aromatic rings. The largest absolute Gasteiger partial charge is 0.369 e. The molecule has 0 spiro atoms. The molecule has 8 heteroatoms. The Morgan fingerprint density at radius 2 is 1.69 bits per heavy atom. The third kappa shape index (κ3) is 4.66. The highest BCUT2D eigenvalue weighted by Crippen LogP contribution is 2.28. The number of carbonyl (C=O) groups is 1. The van der Waals surface area contributed by atoms with Crippen molar-refractivity contribution < 1.29 is 4.79 Å². The third-order valence-electron chi connectivity index (χ3n) is 7.36. The Hall–Kier alpha value is -2.45. The van der Waals surface area contributed by atoms with Crippen molar-refractivity contribution >= 4 is 22.5 Å². The molecule has 1 amide bonds. The first kappa shape index (κ1) is 21.4. The fraction of sp³-hybridized carbons (Fsp3) is 0.625. The highest BCUT2D eigenvalue weighted by Gasteiger charge is 2.21. The van der Waals surface area contributed by atoms with Gasteiger partial charge in [-0.15, -0.1) is 0 Å². The van der Waals surface area contributed by atoms with Gasteiger partial charge in [0.1, 0.15) is 0 Å². The van der Waals surface area contributed by atoms with Gasteiger partial charge in [0.25, 0.3) is 5.56 Å². The fourth-order valence-corrected chi connectivity index (χ4v) is 5.31. The second kappa shape index (κ2) is 9.58. The van der Waals surface area contributed by atoms with Gasteiger partial charge in [-0.05, 0) is 31.0 Å². The van der Waals surface area contributed by atoms with E-state index in [0.29, 0.717) is 12.5 Å². The van der Waals surface area contributed by atoms with E-state index < -0.39 is 0 Å². The van der Waals surface area contributed by atoms with Crippen LogP contribution in [0.25, 0.3) is 10.9 Å². The highest BCUT2D eigenvalue weighted by atomic mass is 16.1. The van der Waals surface area contributed by atoms with Gasteiger partial charge in [0.2, 0.25) is 5.91 Å². The van der Waals surface area contributed by atoms with Crippen LogP contribution in [0.4, 0.5) is 5.69 Å². The summed E-state index contributed by atoms with van der Waals surface area (Å²) in [7, 11) is 0. The van der Waals surface area contributed by atoms with Crippen LogP contribution in [0, 0.1) is 0 Å². The molecular formula is C24H34N6O2. The average Bonchev–Trinajstić information content (AvgIpc) is 3.27. The van der Waals surface area contributed by atoms with Gasteiger partial charge in [-0.3, -0.25) is 24.0 Å². The topological polar surface area (TPSA) is 73.7 Å². The van der Waals surface area contributed by atoms with Gasteiger partial charge >= 0.3 is 0 Å². The van der Waals surface area contributed by atoms with Crippen LogP contribution in [0.15, 0.2) is 29.3 Å². The van der Waals surface area contributed by atoms with Crippen molar-refractivity contribution in [2.45, 2.75) is 38.1 Å². The number of benzene rings is 1. The lowest BCUT2D eigenvalue weighted by molar-refractivity contribution is -0.120. The molecular weight excluding hydrogens is 404 g/mol. The van der Waals surface area contributed by atoms with Crippen molar-refractivity contribution in [1.29, 1.82) is 0 Å². The smallest absolute Gasteiger partial charge is 0.261 e. The van der Waals surface area contributed by atoms with E-state index in [1.165, 1.54) is 12.8 Å². The molecule has 0 bridgehead atoms. The maximum atomic E-state index is 13.0. The van der Waals surface area contributed by atoms with Crippen LogP contribution >= 0.6 is 0 Å². The summed E-state index contributed by atoms with van der Waals surface area (Å²) >= 11 is 0. The molecule has 2 saturated heterocycles. The molecule has 0 radical (unpaired) electrons. The predicted molar refractivity (Wildman–Crippen MR) is 126 cm³/mol. The summed E-state index contributed by atoms with van der Waals surface area (Å²) in [5, 5.41) is 3.67. The van der Waals surface area contributed by atoms with Crippen LogP contribution in [-0.2, 0) is 4.79 Å². The lowest BCUT2D eigenvalue weighted by Gasteiger charge is -2.37. The van der Waals surface area contributed by atoms with Gasteiger partial charge in [-0.1, -0.05) is 12.8 Å². The molecule has 5 rings (SSSR count). The molecule has 1 N–H and O–H groups in total. The van der Waals surface area contributed by atoms with Crippen molar-refractivity contribution in [3.63, 3.8) is 0 Å². The quantitative estimate of drug-likeness (QED) is 0.762. The molecule has 0 unspecified atom stereocenters. The number of carbonyl (C=O) groups excluding carboxylic acids is 1. The molecule has 1 aromatic carbocycles. The Morgan fingerprint density at radius 1 is 0.938 bits per heavy atom. The number of nitrogens with one attached hydrogen (secondary N) is 1.